The molecule has 1 aliphatic carbocycles. The van der Waals surface area contributed by atoms with Crippen molar-refractivity contribution in [1.82, 2.24) is 9.29 Å². The minimum absolute atomic E-state index is 0.116. The number of nitrogens with one attached hydrogen (secondary N) is 1. The lowest BCUT2D eigenvalue weighted by Crippen LogP contribution is -2.18. The van der Waals surface area contributed by atoms with Crippen molar-refractivity contribution in [2.45, 2.75) is 103 Å². The van der Waals surface area contributed by atoms with E-state index in [1.54, 1.807) is 19.1 Å². The van der Waals surface area contributed by atoms with Crippen molar-refractivity contribution in [3.63, 3.8) is 0 Å². The zero-order valence-electron chi connectivity index (χ0n) is 22.3. The Morgan fingerprint density at radius 3 is 2.09 bits per heavy atom. The van der Waals surface area contributed by atoms with Gasteiger partial charge in [-0.15, -0.1) is 0 Å². The molecule has 1 saturated carbocycles. The van der Waals surface area contributed by atoms with Gasteiger partial charge in [0, 0.05) is 36.5 Å². The lowest BCUT2D eigenvalue weighted by atomic mass is 9.79. The zero-order chi connectivity index (χ0) is 24.2. The first-order chi connectivity index (χ1) is 15.5. The first-order valence-electron chi connectivity index (χ1n) is 12.8. The minimum atomic E-state index is 0.116. The monoisotopic (exact) mass is 470 g/mol. The molecule has 4 heteroatoms. The van der Waals surface area contributed by atoms with Crippen LogP contribution in [0.5, 0.6) is 0 Å². The molecular formula is C29H46N2OS. The SMILES string of the molecule is COCCNSc1cc(-c2cc(C(C)(C)C)cc(C(C)(C)C)c2)n(CC2CCCCC2)c1C. The maximum absolute atomic E-state index is 5.22. The number of benzene rings is 1. The Kier molecular flexibility index (Phi) is 8.80. The van der Waals surface area contributed by atoms with Gasteiger partial charge < -0.3 is 9.30 Å². The van der Waals surface area contributed by atoms with Crippen molar-refractivity contribution < 1.29 is 4.74 Å². The van der Waals surface area contributed by atoms with E-state index in [-0.39, 0.29) is 10.8 Å². The van der Waals surface area contributed by atoms with Gasteiger partial charge in [-0.25, -0.2) is 0 Å². The van der Waals surface area contributed by atoms with Crippen LogP contribution in [-0.4, -0.2) is 24.8 Å². The second kappa shape index (κ2) is 11.0. The molecule has 0 atom stereocenters. The quantitative estimate of drug-likeness (QED) is 0.314. The van der Waals surface area contributed by atoms with Gasteiger partial charge in [-0.05, 0) is 83.4 Å². The van der Waals surface area contributed by atoms with Crippen molar-refractivity contribution in [1.29, 1.82) is 0 Å². The van der Waals surface area contributed by atoms with E-state index in [1.807, 2.05) is 0 Å². The second-order valence-corrected chi connectivity index (χ2v) is 12.8. The molecule has 33 heavy (non-hydrogen) atoms. The highest BCUT2D eigenvalue weighted by Gasteiger charge is 2.24. The standard InChI is InChI=1S/C29H46N2OS/c1-21-27(33-30-14-15-32-8)19-26(31(21)20-22-12-10-9-11-13-22)23-16-24(28(2,3)4)18-25(17-23)29(5,6)7/h16-19,22,30H,9-15,20H2,1-8H3. The van der Waals surface area contributed by atoms with Crippen LogP contribution >= 0.6 is 11.9 Å². The number of methoxy groups -OCH3 is 1. The Labute approximate surface area is 207 Å². The summed E-state index contributed by atoms with van der Waals surface area (Å²) in [7, 11) is 1.76. The molecule has 0 radical (unpaired) electrons. The average Bonchev–Trinajstić information content (AvgIpc) is 3.06. The van der Waals surface area contributed by atoms with Crippen LogP contribution in [0.25, 0.3) is 11.3 Å². The van der Waals surface area contributed by atoms with E-state index in [4.69, 9.17) is 4.74 Å². The molecule has 1 aromatic heterocycles. The van der Waals surface area contributed by atoms with Gasteiger partial charge in [0.05, 0.1) is 6.61 Å². The van der Waals surface area contributed by atoms with Gasteiger partial charge >= 0.3 is 0 Å². The summed E-state index contributed by atoms with van der Waals surface area (Å²) >= 11 is 1.75. The van der Waals surface area contributed by atoms with Crippen molar-refractivity contribution >= 4 is 11.9 Å². The Bertz CT molecular complexity index is 879. The first kappa shape index (κ1) is 26.4. The molecule has 0 unspecified atom stereocenters. The molecule has 1 aromatic carbocycles. The van der Waals surface area contributed by atoms with Gasteiger partial charge in [0.2, 0.25) is 0 Å². The summed E-state index contributed by atoms with van der Waals surface area (Å²) in [4.78, 5) is 1.33. The Balaban J connectivity index is 2.07. The molecule has 1 fully saturated rings. The van der Waals surface area contributed by atoms with Crippen LogP contribution < -0.4 is 4.72 Å². The predicted molar refractivity (Wildman–Crippen MR) is 144 cm³/mol. The van der Waals surface area contributed by atoms with Gasteiger partial charge in [-0.3, -0.25) is 4.72 Å². The molecule has 1 heterocycles. The van der Waals surface area contributed by atoms with Gasteiger partial charge in [0.25, 0.3) is 0 Å². The molecule has 0 aliphatic heterocycles. The molecule has 184 valence electrons. The highest BCUT2D eigenvalue weighted by atomic mass is 32.2. The van der Waals surface area contributed by atoms with E-state index >= 15 is 0 Å². The number of hydrogen-bond donors (Lipinski definition) is 1. The zero-order valence-corrected chi connectivity index (χ0v) is 23.1. The third-order valence-corrected chi connectivity index (χ3v) is 8.02. The number of ether oxygens (including phenoxy) is 1. The maximum Gasteiger partial charge on any atom is 0.0596 e. The largest absolute Gasteiger partial charge is 0.383 e. The third kappa shape index (κ3) is 6.90. The van der Waals surface area contributed by atoms with Crippen LogP contribution in [-0.2, 0) is 22.1 Å². The molecule has 1 N–H and O–H groups in total. The summed E-state index contributed by atoms with van der Waals surface area (Å²) in [5, 5.41) is 0. The summed E-state index contributed by atoms with van der Waals surface area (Å²) in [5.74, 6) is 0.788. The fourth-order valence-corrected chi connectivity index (χ4v) is 5.51. The molecule has 3 rings (SSSR count). The lowest BCUT2D eigenvalue weighted by Gasteiger charge is -2.27. The predicted octanol–water partition coefficient (Wildman–Crippen LogP) is 7.88. The molecule has 0 saturated heterocycles. The van der Waals surface area contributed by atoms with Gasteiger partial charge in [0.1, 0.15) is 0 Å². The van der Waals surface area contributed by atoms with E-state index in [0.717, 1.165) is 25.6 Å². The number of hydrogen-bond acceptors (Lipinski definition) is 3. The van der Waals surface area contributed by atoms with Crippen molar-refractivity contribution in [3.05, 3.63) is 41.1 Å². The van der Waals surface area contributed by atoms with E-state index in [9.17, 15) is 0 Å². The first-order valence-corrected chi connectivity index (χ1v) is 13.6. The van der Waals surface area contributed by atoms with Crippen LogP contribution in [0.2, 0.25) is 0 Å². The summed E-state index contributed by atoms with van der Waals surface area (Å²) in [5.41, 5.74) is 7.17. The number of nitrogens with zero attached hydrogens (tertiary/aromatic N) is 1. The van der Waals surface area contributed by atoms with E-state index in [0.29, 0.717) is 0 Å². The van der Waals surface area contributed by atoms with Crippen molar-refractivity contribution in [2.75, 3.05) is 20.3 Å². The summed E-state index contributed by atoms with van der Waals surface area (Å²) < 4.78 is 11.3. The van der Waals surface area contributed by atoms with Crippen LogP contribution in [0.3, 0.4) is 0 Å². The smallest absolute Gasteiger partial charge is 0.0596 e. The highest BCUT2D eigenvalue weighted by Crippen LogP contribution is 2.38. The van der Waals surface area contributed by atoms with E-state index < -0.39 is 0 Å². The molecule has 0 spiro atoms. The topological polar surface area (TPSA) is 26.2 Å². The molecule has 0 bridgehead atoms. The molecule has 2 aromatic rings. The van der Waals surface area contributed by atoms with E-state index in [1.165, 1.54) is 65.1 Å². The second-order valence-electron chi connectivity index (χ2n) is 11.9. The average molecular weight is 471 g/mol. The maximum atomic E-state index is 5.22. The molecular weight excluding hydrogens is 424 g/mol. The van der Waals surface area contributed by atoms with Gasteiger partial charge in [-0.2, -0.15) is 0 Å². The lowest BCUT2D eigenvalue weighted by molar-refractivity contribution is 0.205. The molecule has 1 aliphatic rings. The summed E-state index contributed by atoms with van der Waals surface area (Å²) in [6.07, 6.45) is 6.89. The summed E-state index contributed by atoms with van der Waals surface area (Å²) in [6, 6.07) is 9.71. The van der Waals surface area contributed by atoms with Gasteiger partial charge in [0.15, 0.2) is 0 Å². The van der Waals surface area contributed by atoms with Crippen molar-refractivity contribution in [2.24, 2.45) is 5.92 Å². The molecule has 3 nitrogen and oxygen atoms in total. The minimum Gasteiger partial charge on any atom is -0.383 e. The fraction of sp³-hybridized carbons (Fsp3) is 0.655. The van der Waals surface area contributed by atoms with E-state index in [2.05, 4.69) is 82.0 Å². The van der Waals surface area contributed by atoms with Crippen LogP contribution in [0, 0.1) is 12.8 Å². The Morgan fingerprint density at radius 1 is 0.939 bits per heavy atom. The third-order valence-electron chi connectivity index (χ3n) is 7.04. The van der Waals surface area contributed by atoms with Gasteiger partial charge in [-0.1, -0.05) is 66.9 Å². The van der Waals surface area contributed by atoms with Crippen LogP contribution in [0.4, 0.5) is 0 Å². The van der Waals surface area contributed by atoms with Crippen LogP contribution in [0.15, 0.2) is 29.2 Å². The van der Waals surface area contributed by atoms with Crippen LogP contribution in [0.1, 0.15) is 90.5 Å². The Hall–Kier alpha value is -1.23. The van der Waals surface area contributed by atoms with Crippen molar-refractivity contribution in [3.8, 4) is 11.3 Å². The Morgan fingerprint density at radius 2 is 1.55 bits per heavy atom. The number of rotatable bonds is 8. The summed E-state index contributed by atoms with van der Waals surface area (Å²) in [6.45, 7) is 18.9. The fourth-order valence-electron chi connectivity index (χ4n) is 4.74. The highest BCUT2D eigenvalue weighted by molar-refractivity contribution is 7.97. The number of aromatic nitrogens is 1. The molecule has 0 amide bonds. The normalized spacial score (nSPS) is 15.9.